The third-order valence-corrected chi connectivity index (χ3v) is 1.80. The number of aryl methyl sites for hydroxylation is 1. The summed E-state index contributed by atoms with van der Waals surface area (Å²) in [5, 5.41) is 7.08. The number of aromatic nitrogens is 2. The molecule has 0 radical (unpaired) electrons. The van der Waals surface area contributed by atoms with Gasteiger partial charge in [-0.2, -0.15) is 5.10 Å². The molecule has 1 aromatic rings. The van der Waals surface area contributed by atoms with E-state index in [2.05, 4.69) is 10.4 Å². The molecule has 1 N–H and O–H groups in total. The highest BCUT2D eigenvalue weighted by Crippen LogP contribution is 1.97. The predicted molar refractivity (Wildman–Crippen MR) is 50.5 cm³/mol. The summed E-state index contributed by atoms with van der Waals surface area (Å²) in [4.78, 5) is 11.3. The molecule has 0 atom stereocenters. The van der Waals surface area contributed by atoms with Crippen LogP contribution in [-0.4, -0.2) is 29.2 Å². The molecular weight excluding hydrogens is 166 g/mol. The molecule has 0 aromatic carbocycles. The first kappa shape index (κ1) is 9.92. The fourth-order valence-corrected chi connectivity index (χ4v) is 1.11. The van der Waals surface area contributed by atoms with Crippen molar-refractivity contribution in [2.45, 2.75) is 12.8 Å². The first-order valence-corrected chi connectivity index (χ1v) is 4.37. The fraction of sp³-hybridized carbons (Fsp3) is 0.556. The van der Waals surface area contributed by atoms with E-state index < -0.39 is 0 Å². The Morgan fingerprint density at radius 3 is 3.00 bits per heavy atom. The number of nitrogens with one attached hydrogen (secondary N) is 1. The minimum Gasteiger partial charge on any atom is -0.319 e. The normalized spacial score (nSPS) is 10.3. The van der Waals surface area contributed by atoms with Crippen LogP contribution in [0.25, 0.3) is 0 Å². The molecule has 13 heavy (non-hydrogen) atoms. The zero-order chi connectivity index (χ0) is 9.68. The average Bonchev–Trinajstić information content (AvgIpc) is 2.48. The minimum absolute atomic E-state index is 0.230. The van der Waals surface area contributed by atoms with Gasteiger partial charge in [-0.15, -0.1) is 0 Å². The highest BCUT2D eigenvalue weighted by atomic mass is 16.1. The quantitative estimate of drug-likeness (QED) is 0.703. The fourth-order valence-electron chi connectivity index (χ4n) is 1.11. The van der Waals surface area contributed by atoms with Gasteiger partial charge in [0, 0.05) is 26.2 Å². The first-order valence-electron chi connectivity index (χ1n) is 4.37. The summed E-state index contributed by atoms with van der Waals surface area (Å²) in [5.41, 5.74) is 0.851. The van der Waals surface area contributed by atoms with E-state index in [4.69, 9.17) is 0 Å². The molecule has 4 heteroatoms. The molecule has 4 nitrogen and oxygen atoms in total. The van der Waals surface area contributed by atoms with Crippen molar-refractivity contribution in [3.05, 3.63) is 18.0 Å². The third-order valence-electron chi connectivity index (χ3n) is 1.80. The average molecular weight is 181 g/mol. The van der Waals surface area contributed by atoms with E-state index in [1.807, 2.05) is 26.4 Å². The summed E-state index contributed by atoms with van der Waals surface area (Å²) in [6.07, 6.45) is 2.87. The highest BCUT2D eigenvalue weighted by Gasteiger charge is 2.04. The van der Waals surface area contributed by atoms with Gasteiger partial charge < -0.3 is 5.32 Å². The van der Waals surface area contributed by atoms with Crippen molar-refractivity contribution in [1.82, 2.24) is 15.1 Å². The van der Waals surface area contributed by atoms with E-state index in [1.54, 1.807) is 4.68 Å². The Balaban J connectivity index is 2.36. The van der Waals surface area contributed by atoms with E-state index in [0.717, 1.165) is 12.2 Å². The second kappa shape index (κ2) is 4.77. The molecule has 0 fully saturated rings. The van der Waals surface area contributed by atoms with Crippen molar-refractivity contribution in [2.24, 2.45) is 7.05 Å². The number of nitrogens with zero attached hydrogens (tertiary/aromatic N) is 2. The van der Waals surface area contributed by atoms with Gasteiger partial charge >= 0.3 is 0 Å². The maximum Gasteiger partial charge on any atom is 0.140 e. The van der Waals surface area contributed by atoms with Gasteiger partial charge in [0.1, 0.15) is 5.78 Å². The standard InChI is InChI=1S/C9H15N3O/c1-10-5-3-9(13)7-8-4-6-12(2)11-8/h4,6,10H,3,5,7H2,1-2H3. The van der Waals surface area contributed by atoms with E-state index in [-0.39, 0.29) is 5.78 Å². The zero-order valence-corrected chi connectivity index (χ0v) is 8.08. The monoisotopic (exact) mass is 181 g/mol. The maximum atomic E-state index is 11.3. The number of carbonyl (C=O) groups excluding carboxylic acids is 1. The second-order valence-electron chi connectivity index (χ2n) is 3.05. The number of ketones is 1. The van der Waals surface area contributed by atoms with Gasteiger partial charge in [-0.05, 0) is 13.1 Å². The van der Waals surface area contributed by atoms with E-state index in [0.29, 0.717) is 12.8 Å². The van der Waals surface area contributed by atoms with E-state index in [1.165, 1.54) is 0 Å². The number of rotatable bonds is 5. The second-order valence-corrected chi connectivity index (χ2v) is 3.05. The van der Waals surface area contributed by atoms with Crippen LogP contribution in [0, 0.1) is 0 Å². The van der Waals surface area contributed by atoms with Crippen LogP contribution in [0.15, 0.2) is 12.3 Å². The van der Waals surface area contributed by atoms with Gasteiger partial charge in [-0.1, -0.05) is 0 Å². The first-order chi connectivity index (χ1) is 6.22. The summed E-state index contributed by atoms with van der Waals surface area (Å²) < 4.78 is 1.71. The van der Waals surface area contributed by atoms with Gasteiger partial charge in [0.15, 0.2) is 0 Å². The molecule has 0 amide bonds. The maximum absolute atomic E-state index is 11.3. The van der Waals surface area contributed by atoms with Crippen LogP contribution in [0.5, 0.6) is 0 Å². The van der Waals surface area contributed by atoms with Crippen LogP contribution in [-0.2, 0) is 18.3 Å². The Hall–Kier alpha value is -1.16. The van der Waals surface area contributed by atoms with Crippen LogP contribution in [0.3, 0.4) is 0 Å². The molecule has 72 valence electrons. The third kappa shape index (κ3) is 3.38. The molecule has 0 aliphatic heterocycles. The van der Waals surface area contributed by atoms with Crippen molar-refractivity contribution < 1.29 is 4.79 Å². The lowest BCUT2D eigenvalue weighted by Gasteiger charge is -1.97. The molecule has 1 rings (SSSR count). The summed E-state index contributed by atoms with van der Waals surface area (Å²) in [7, 11) is 3.69. The smallest absolute Gasteiger partial charge is 0.140 e. The Bertz CT molecular complexity index is 280. The van der Waals surface area contributed by atoms with Gasteiger partial charge in [-0.25, -0.2) is 0 Å². The largest absolute Gasteiger partial charge is 0.319 e. The number of hydrogen-bond donors (Lipinski definition) is 1. The van der Waals surface area contributed by atoms with Crippen molar-refractivity contribution in [3.63, 3.8) is 0 Å². The van der Waals surface area contributed by atoms with Gasteiger partial charge in [-0.3, -0.25) is 9.48 Å². The molecule has 0 aliphatic rings. The Morgan fingerprint density at radius 1 is 1.69 bits per heavy atom. The minimum atomic E-state index is 0.230. The molecule has 0 aliphatic carbocycles. The van der Waals surface area contributed by atoms with Crippen LogP contribution in [0.1, 0.15) is 12.1 Å². The lowest BCUT2D eigenvalue weighted by Crippen LogP contribution is -2.14. The molecule has 0 spiro atoms. The summed E-state index contributed by atoms with van der Waals surface area (Å²) in [5.74, 6) is 0.230. The van der Waals surface area contributed by atoms with Crippen molar-refractivity contribution in [3.8, 4) is 0 Å². The van der Waals surface area contributed by atoms with Crippen molar-refractivity contribution in [1.29, 1.82) is 0 Å². The van der Waals surface area contributed by atoms with Crippen LogP contribution >= 0.6 is 0 Å². The Kier molecular flexibility index (Phi) is 3.64. The number of hydrogen-bond acceptors (Lipinski definition) is 3. The predicted octanol–water partition coefficient (Wildman–Crippen LogP) is 0.141. The topological polar surface area (TPSA) is 46.9 Å². The van der Waals surface area contributed by atoms with Crippen LogP contribution in [0.2, 0.25) is 0 Å². The number of Topliss-reactive ketones (excluding diaryl/α,β-unsaturated/α-hetero) is 1. The molecule has 1 aromatic heterocycles. The van der Waals surface area contributed by atoms with Gasteiger partial charge in [0.25, 0.3) is 0 Å². The van der Waals surface area contributed by atoms with E-state index >= 15 is 0 Å². The molecule has 0 unspecified atom stereocenters. The highest BCUT2D eigenvalue weighted by molar-refractivity contribution is 5.80. The number of carbonyl (C=O) groups is 1. The van der Waals surface area contributed by atoms with Gasteiger partial charge in [0.2, 0.25) is 0 Å². The Morgan fingerprint density at radius 2 is 2.46 bits per heavy atom. The lowest BCUT2D eigenvalue weighted by molar-refractivity contribution is -0.118. The van der Waals surface area contributed by atoms with Gasteiger partial charge in [0.05, 0.1) is 12.1 Å². The molecule has 0 saturated carbocycles. The lowest BCUT2D eigenvalue weighted by atomic mass is 10.2. The summed E-state index contributed by atoms with van der Waals surface area (Å²) in [6, 6.07) is 1.87. The summed E-state index contributed by atoms with van der Waals surface area (Å²) >= 11 is 0. The van der Waals surface area contributed by atoms with Crippen molar-refractivity contribution in [2.75, 3.05) is 13.6 Å². The van der Waals surface area contributed by atoms with E-state index in [9.17, 15) is 4.79 Å². The molecular formula is C9H15N3O. The SMILES string of the molecule is CNCCC(=O)Cc1ccn(C)n1. The van der Waals surface area contributed by atoms with Crippen LogP contribution < -0.4 is 5.32 Å². The van der Waals surface area contributed by atoms with Crippen molar-refractivity contribution >= 4 is 5.78 Å². The summed E-state index contributed by atoms with van der Waals surface area (Å²) in [6.45, 7) is 0.742. The molecule has 1 heterocycles. The Labute approximate surface area is 77.9 Å². The molecule has 0 saturated heterocycles. The van der Waals surface area contributed by atoms with Crippen LogP contribution in [0.4, 0.5) is 0 Å². The molecule has 0 bridgehead atoms. The zero-order valence-electron chi connectivity index (χ0n) is 8.08.